The monoisotopic (exact) mass is 396 g/mol. The zero-order valence-electron chi connectivity index (χ0n) is 16.1. The molecule has 1 aromatic heterocycles. The number of anilines is 5. The molecule has 0 aliphatic carbocycles. The number of piperazine rings is 1. The van der Waals surface area contributed by atoms with Gasteiger partial charge in [-0.1, -0.05) is 0 Å². The second-order valence-corrected chi connectivity index (χ2v) is 6.98. The molecule has 0 unspecified atom stereocenters. The average Bonchev–Trinajstić information content (AvgIpc) is 2.72. The number of hydrogen-bond donors (Lipinski definition) is 2. The van der Waals surface area contributed by atoms with Crippen LogP contribution < -0.4 is 15.5 Å². The van der Waals surface area contributed by atoms with Crippen LogP contribution in [0.25, 0.3) is 0 Å². The average molecular weight is 396 g/mol. The van der Waals surface area contributed by atoms with E-state index < -0.39 is 11.6 Å². The first-order valence-electron chi connectivity index (χ1n) is 9.42. The van der Waals surface area contributed by atoms with Crippen molar-refractivity contribution in [3.05, 3.63) is 66.4 Å². The van der Waals surface area contributed by atoms with E-state index in [4.69, 9.17) is 0 Å². The lowest BCUT2D eigenvalue weighted by Gasteiger charge is -2.34. The maximum atomic E-state index is 13.8. The van der Waals surface area contributed by atoms with Gasteiger partial charge in [-0.3, -0.25) is 0 Å². The van der Waals surface area contributed by atoms with E-state index >= 15 is 0 Å². The van der Waals surface area contributed by atoms with Crippen LogP contribution in [0.1, 0.15) is 0 Å². The Bertz CT molecular complexity index is 971. The Kier molecular flexibility index (Phi) is 5.53. The largest absolute Gasteiger partial charge is 0.369 e. The third-order valence-electron chi connectivity index (χ3n) is 4.84. The van der Waals surface area contributed by atoms with Crippen molar-refractivity contribution in [1.82, 2.24) is 14.9 Å². The summed E-state index contributed by atoms with van der Waals surface area (Å²) in [5, 5.41) is 5.99. The number of nitrogens with one attached hydrogen (secondary N) is 2. The van der Waals surface area contributed by atoms with Crippen LogP contribution in [0.5, 0.6) is 0 Å². The van der Waals surface area contributed by atoms with E-state index in [0.29, 0.717) is 11.8 Å². The molecule has 8 heteroatoms. The number of nitrogens with zero attached hydrogens (tertiary/aromatic N) is 4. The zero-order chi connectivity index (χ0) is 20.2. The Hall–Kier alpha value is -3.26. The molecule has 1 fully saturated rings. The highest BCUT2D eigenvalue weighted by Crippen LogP contribution is 2.23. The molecule has 2 aromatic carbocycles. The van der Waals surface area contributed by atoms with Gasteiger partial charge in [0, 0.05) is 49.8 Å². The van der Waals surface area contributed by atoms with Gasteiger partial charge in [-0.25, -0.2) is 13.8 Å². The second kappa shape index (κ2) is 8.40. The van der Waals surface area contributed by atoms with E-state index in [-0.39, 0.29) is 5.69 Å². The van der Waals surface area contributed by atoms with Crippen molar-refractivity contribution in [2.24, 2.45) is 0 Å². The van der Waals surface area contributed by atoms with Crippen LogP contribution in [0.4, 0.5) is 37.6 Å². The number of likely N-dealkylation sites (N-methyl/N-ethyl adjacent to an activating group) is 1. The Labute approximate surface area is 168 Å². The topological polar surface area (TPSA) is 56.3 Å². The van der Waals surface area contributed by atoms with Gasteiger partial charge < -0.3 is 20.4 Å². The number of benzene rings is 2. The molecule has 0 saturated carbocycles. The lowest BCUT2D eigenvalue weighted by molar-refractivity contribution is 0.313. The van der Waals surface area contributed by atoms with Gasteiger partial charge in [0.05, 0.1) is 5.69 Å². The minimum atomic E-state index is -0.683. The van der Waals surface area contributed by atoms with Crippen molar-refractivity contribution >= 4 is 28.8 Å². The Morgan fingerprint density at radius 2 is 1.66 bits per heavy atom. The van der Waals surface area contributed by atoms with Crippen LogP contribution >= 0.6 is 0 Å². The summed E-state index contributed by atoms with van der Waals surface area (Å²) in [7, 11) is 2.14. The fourth-order valence-corrected chi connectivity index (χ4v) is 3.17. The molecule has 1 saturated heterocycles. The quantitative estimate of drug-likeness (QED) is 0.680. The molecule has 0 spiro atoms. The van der Waals surface area contributed by atoms with Crippen molar-refractivity contribution < 1.29 is 8.78 Å². The fourth-order valence-electron chi connectivity index (χ4n) is 3.17. The first-order valence-corrected chi connectivity index (χ1v) is 9.42. The maximum absolute atomic E-state index is 13.8. The predicted octanol–water partition coefficient (Wildman–Crippen LogP) is 3.99. The van der Waals surface area contributed by atoms with E-state index in [9.17, 15) is 8.78 Å². The molecule has 2 heterocycles. The first kappa shape index (κ1) is 19.1. The summed E-state index contributed by atoms with van der Waals surface area (Å²) in [6, 6.07) is 13.1. The maximum Gasteiger partial charge on any atom is 0.229 e. The van der Waals surface area contributed by atoms with Crippen LogP contribution in [-0.4, -0.2) is 48.1 Å². The van der Waals surface area contributed by atoms with Gasteiger partial charge in [-0.05, 0) is 49.5 Å². The van der Waals surface area contributed by atoms with Crippen molar-refractivity contribution in [1.29, 1.82) is 0 Å². The second-order valence-electron chi connectivity index (χ2n) is 6.98. The van der Waals surface area contributed by atoms with Crippen molar-refractivity contribution in [2.45, 2.75) is 0 Å². The standard InChI is InChI=1S/C21H22F2N6/c1-28-10-12-29(13-11-28)17-5-3-16(4-6-17)25-21-24-9-8-20(27-21)26-19-7-2-15(22)14-18(19)23/h2-9,14H,10-13H2,1H3,(H2,24,25,26,27). The van der Waals surface area contributed by atoms with E-state index in [0.717, 1.165) is 37.9 Å². The summed E-state index contributed by atoms with van der Waals surface area (Å²) in [5.74, 6) is -0.525. The van der Waals surface area contributed by atoms with Gasteiger partial charge >= 0.3 is 0 Å². The van der Waals surface area contributed by atoms with E-state index in [2.05, 4.69) is 49.6 Å². The lowest BCUT2D eigenvalue weighted by atomic mass is 10.2. The lowest BCUT2D eigenvalue weighted by Crippen LogP contribution is -2.44. The van der Waals surface area contributed by atoms with Gasteiger partial charge in [0.1, 0.15) is 17.5 Å². The van der Waals surface area contributed by atoms with Crippen LogP contribution in [-0.2, 0) is 0 Å². The van der Waals surface area contributed by atoms with Gasteiger partial charge in [0.2, 0.25) is 5.95 Å². The Morgan fingerprint density at radius 1 is 0.897 bits per heavy atom. The minimum absolute atomic E-state index is 0.146. The molecular formula is C21H22F2N6. The normalized spacial score (nSPS) is 14.7. The highest BCUT2D eigenvalue weighted by molar-refractivity contribution is 5.62. The van der Waals surface area contributed by atoms with Crippen molar-refractivity contribution in [2.75, 3.05) is 48.8 Å². The molecule has 1 aliphatic heterocycles. The highest BCUT2D eigenvalue weighted by atomic mass is 19.1. The summed E-state index contributed by atoms with van der Waals surface area (Å²) < 4.78 is 26.9. The van der Waals surface area contributed by atoms with Gasteiger partial charge in [0.15, 0.2) is 0 Å². The van der Waals surface area contributed by atoms with Gasteiger partial charge in [-0.2, -0.15) is 4.98 Å². The van der Waals surface area contributed by atoms with Crippen LogP contribution in [0.3, 0.4) is 0 Å². The molecule has 3 aromatic rings. The molecule has 29 heavy (non-hydrogen) atoms. The van der Waals surface area contributed by atoms with E-state index in [1.165, 1.54) is 17.8 Å². The molecule has 4 rings (SSSR count). The highest BCUT2D eigenvalue weighted by Gasteiger charge is 2.14. The smallest absolute Gasteiger partial charge is 0.229 e. The van der Waals surface area contributed by atoms with Gasteiger partial charge in [0.25, 0.3) is 0 Å². The molecule has 6 nitrogen and oxygen atoms in total. The summed E-state index contributed by atoms with van der Waals surface area (Å²) in [6.07, 6.45) is 1.57. The van der Waals surface area contributed by atoms with Crippen molar-refractivity contribution in [3.8, 4) is 0 Å². The molecule has 1 aliphatic rings. The zero-order valence-corrected chi connectivity index (χ0v) is 16.1. The molecule has 0 atom stereocenters. The minimum Gasteiger partial charge on any atom is -0.369 e. The van der Waals surface area contributed by atoms with Crippen LogP contribution in [0, 0.1) is 11.6 Å². The first-order chi connectivity index (χ1) is 14.1. The number of hydrogen-bond acceptors (Lipinski definition) is 6. The number of aromatic nitrogens is 2. The van der Waals surface area contributed by atoms with Crippen molar-refractivity contribution in [3.63, 3.8) is 0 Å². The van der Waals surface area contributed by atoms with Crippen LogP contribution in [0.2, 0.25) is 0 Å². The van der Waals surface area contributed by atoms with E-state index in [1.54, 1.807) is 12.3 Å². The van der Waals surface area contributed by atoms with Gasteiger partial charge in [-0.15, -0.1) is 0 Å². The molecular weight excluding hydrogens is 374 g/mol. The number of rotatable bonds is 5. The third-order valence-corrected chi connectivity index (χ3v) is 4.84. The molecule has 2 N–H and O–H groups in total. The van der Waals surface area contributed by atoms with E-state index in [1.807, 2.05) is 12.1 Å². The predicted molar refractivity (Wildman–Crippen MR) is 111 cm³/mol. The third kappa shape index (κ3) is 4.78. The summed E-state index contributed by atoms with van der Waals surface area (Å²) in [5.41, 5.74) is 2.19. The SMILES string of the molecule is CN1CCN(c2ccc(Nc3nccc(Nc4ccc(F)cc4F)n3)cc2)CC1. The van der Waals surface area contributed by atoms with Crippen LogP contribution in [0.15, 0.2) is 54.7 Å². The number of halogens is 2. The molecule has 150 valence electrons. The molecule has 0 amide bonds. The Balaban J connectivity index is 1.42. The summed E-state index contributed by atoms with van der Waals surface area (Å²) in [6.45, 7) is 4.14. The Morgan fingerprint density at radius 3 is 2.38 bits per heavy atom. The summed E-state index contributed by atoms with van der Waals surface area (Å²) in [4.78, 5) is 13.2. The summed E-state index contributed by atoms with van der Waals surface area (Å²) >= 11 is 0. The molecule has 0 bridgehead atoms. The molecule has 0 radical (unpaired) electrons. The fraction of sp³-hybridized carbons (Fsp3) is 0.238.